The molecular formula is C12H19N3O. The number of carbonyl (C=O) groups is 1. The number of nitrogens with zero attached hydrogens (tertiary/aromatic N) is 1. The van der Waals surface area contributed by atoms with Crippen LogP contribution in [0.5, 0.6) is 0 Å². The largest absolute Gasteiger partial charge is 0.320 e. The molecule has 3 N–H and O–H groups in total. The summed E-state index contributed by atoms with van der Waals surface area (Å²) in [4.78, 5) is 15.9. The first-order chi connectivity index (χ1) is 7.56. The fraction of sp³-hybridized carbons (Fsp3) is 0.500. The summed E-state index contributed by atoms with van der Waals surface area (Å²) in [5, 5.41) is 2.75. The van der Waals surface area contributed by atoms with Gasteiger partial charge in [-0.05, 0) is 24.5 Å². The average Bonchev–Trinajstić information content (AvgIpc) is 2.30. The van der Waals surface area contributed by atoms with Gasteiger partial charge in [0, 0.05) is 6.20 Å². The third-order valence-corrected chi connectivity index (χ3v) is 2.81. The zero-order chi connectivity index (χ0) is 12.1. The molecule has 1 aromatic rings. The van der Waals surface area contributed by atoms with Crippen molar-refractivity contribution in [1.82, 2.24) is 4.98 Å². The maximum absolute atomic E-state index is 11.8. The van der Waals surface area contributed by atoms with E-state index in [1.165, 1.54) is 0 Å². The molecule has 4 heteroatoms. The molecule has 0 bridgehead atoms. The van der Waals surface area contributed by atoms with Crippen molar-refractivity contribution in [2.24, 2.45) is 11.7 Å². The third-order valence-electron chi connectivity index (χ3n) is 2.81. The molecule has 0 spiro atoms. The zero-order valence-electron chi connectivity index (χ0n) is 10.0. The number of aromatic nitrogens is 1. The summed E-state index contributed by atoms with van der Waals surface area (Å²) < 4.78 is 0. The van der Waals surface area contributed by atoms with Gasteiger partial charge < -0.3 is 11.1 Å². The molecule has 0 aliphatic rings. The minimum atomic E-state index is -0.480. The van der Waals surface area contributed by atoms with Gasteiger partial charge in [-0.3, -0.25) is 4.79 Å². The smallest absolute Gasteiger partial charge is 0.242 e. The van der Waals surface area contributed by atoms with Crippen molar-refractivity contribution in [3.05, 3.63) is 23.9 Å². The molecule has 0 fully saturated rings. The number of nitrogens with one attached hydrogen (secondary N) is 1. The average molecular weight is 221 g/mol. The van der Waals surface area contributed by atoms with Gasteiger partial charge in [-0.2, -0.15) is 0 Å². The summed E-state index contributed by atoms with van der Waals surface area (Å²) in [6.45, 7) is 5.89. The number of nitrogens with two attached hydrogens (primary N) is 1. The first-order valence-corrected chi connectivity index (χ1v) is 5.54. The van der Waals surface area contributed by atoms with E-state index in [9.17, 15) is 4.79 Å². The lowest BCUT2D eigenvalue weighted by molar-refractivity contribution is -0.118. The molecule has 88 valence electrons. The predicted molar refractivity (Wildman–Crippen MR) is 65.0 cm³/mol. The molecule has 1 aromatic heterocycles. The molecule has 1 rings (SSSR count). The molecule has 16 heavy (non-hydrogen) atoms. The molecule has 4 nitrogen and oxygen atoms in total. The maximum atomic E-state index is 11.8. The van der Waals surface area contributed by atoms with Crippen LogP contribution in [0.15, 0.2) is 18.3 Å². The monoisotopic (exact) mass is 221 g/mol. The highest BCUT2D eigenvalue weighted by Gasteiger charge is 2.19. The third kappa shape index (κ3) is 3.03. The molecule has 1 heterocycles. The number of carbonyl (C=O) groups excluding carboxylic acids is 1. The summed E-state index contributed by atoms with van der Waals surface area (Å²) in [7, 11) is 0. The molecule has 0 aliphatic heterocycles. The molecule has 0 aromatic carbocycles. The van der Waals surface area contributed by atoms with Gasteiger partial charge in [0.1, 0.15) is 5.82 Å². The normalized spacial score (nSPS) is 14.2. The van der Waals surface area contributed by atoms with Crippen LogP contribution in [0.4, 0.5) is 5.82 Å². The second-order valence-electron chi connectivity index (χ2n) is 4.07. The van der Waals surface area contributed by atoms with Crippen molar-refractivity contribution < 1.29 is 4.79 Å². The number of hydrogen-bond acceptors (Lipinski definition) is 3. The van der Waals surface area contributed by atoms with Crippen molar-refractivity contribution >= 4 is 11.7 Å². The maximum Gasteiger partial charge on any atom is 0.242 e. The fourth-order valence-corrected chi connectivity index (χ4v) is 1.33. The lowest BCUT2D eigenvalue weighted by Gasteiger charge is -2.17. The molecule has 1 unspecified atom stereocenters. The van der Waals surface area contributed by atoms with Crippen LogP contribution < -0.4 is 11.1 Å². The number of anilines is 1. The quantitative estimate of drug-likeness (QED) is 0.813. The standard InChI is InChI=1S/C12H19N3O/c1-4-8(2)10(13)12(16)15-11-9(3)6-5-7-14-11/h5-8,10H,4,13H2,1-3H3,(H,14,15,16)/t8?,10-/m0/s1. The van der Waals surface area contributed by atoms with Crippen LogP contribution in [0.2, 0.25) is 0 Å². The predicted octanol–water partition coefficient (Wildman–Crippen LogP) is 1.70. The van der Waals surface area contributed by atoms with Crippen molar-refractivity contribution in [2.45, 2.75) is 33.2 Å². The fourth-order valence-electron chi connectivity index (χ4n) is 1.33. The molecule has 1 amide bonds. The van der Waals surface area contributed by atoms with E-state index >= 15 is 0 Å². The van der Waals surface area contributed by atoms with Gasteiger partial charge in [0.05, 0.1) is 6.04 Å². The topological polar surface area (TPSA) is 68.0 Å². The van der Waals surface area contributed by atoms with Crippen molar-refractivity contribution in [3.63, 3.8) is 0 Å². The molecule has 0 saturated carbocycles. The van der Waals surface area contributed by atoms with Gasteiger partial charge in [0.2, 0.25) is 5.91 Å². The van der Waals surface area contributed by atoms with Crippen LogP contribution in [0.25, 0.3) is 0 Å². The van der Waals surface area contributed by atoms with Crippen LogP contribution in [-0.4, -0.2) is 16.9 Å². The van der Waals surface area contributed by atoms with E-state index in [2.05, 4.69) is 10.3 Å². The van der Waals surface area contributed by atoms with Crippen molar-refractivity contribution in [2.75, 3.05) is 5.32 Å². The van der Waals surface area contributed by atoms with E-state index < -0.39 is 6.04 Å². The van der Waals surface area contributed by atoms with Crippen molar-refractivity contribution in [3.8, 4) is 0 Å². The highest BCUT2D eigenvalue weighted by Crippen LogP contribution is 2.12. The Morgan fingerprint density at radius 1 is 1.62 bits per heavy atom. The molecule has 0 aliphatic carbocycles. The first kappa shape index (κ1) is 12.6. The molecule has 0 radical (unpaired) electrons. The highest BCUT2D eigenvalue weighted by atomic mass is 16.2. The Hall–Kier alpha value is -1.42. The number of aryl methyl sites for hydroxylation is 1. The molecule has 2 atom stereocenters. The number of rotatable bonds is 4. The van der Waals surface area contributed by atoms with Gasteiger partial charge in [-0.1, -0.05) is 26.3 Å². The minimum Gasteiger partial charge on any atom is -0.320 e. The second-order valence-corrected chi connectivity index (χ2v) is 4.07. The van der Waals surface area contributed by atoms with Crippen LogP contribution in [-0.2, 0) is 4.79 Å². The minimum absolute atomic E-state index is 0.170. The van der Waals surface area contributed by atoms with E-state index in [0.717, 1.165) is 12.0 Å². The zero-order valence-corrected chi connectivity index (χ0v) is 10.0. The van der Waals surface area contributed by atoms with Gasteiger partial charge in [0.15, 0.2) is 0 Å². The lowest BCUT2D eigenvalue weighted by atomic mass is 9.99. The van der Waals surface area contributed by atoms with Gasteiger partial charge in [-0.25, -0.2) is 4.98 Å². The van der Waals surface area contributed by atoms with Gasteiger partial charge in [-0.15, -0.1) is 0 Å². The van der Waals surface area contributed by atoms with E-state index in [0.29, 0.717) is 5.82 Å². The van der Waals surface area contributed by atoms with E-state index in [4.69, 9.17) is 5.73 Å². The van der Waals surface area contributed by atoms with E-state index in [-0.39, 0.29) is 11.8 Å². The summed E-state index contributed by atoms with van der Waals surface area (Å²) >= 11 is 0. The van der Waals surface area contributed by atoms with Crippen LogP contribution >= 0.6 is 0 Å². The highest BCUT2D eigenvalue weighted by molar-refractivity contribution is 5.94. The second kappa shape index (κ2) is 5.61. The van der Waals surface area contributed by atoms with Crippen LogP contribution in [0, 0.1) is 12.8 Å². The SMILES string of the molecule is CCC(C)[C@H](N)C(=O)Nc1ncccc1C. The number of pyridine rings is 1. The lowest BCUT2D eigenvalue weighted by Crippen LogP contribution is -2.40. The van der Waals surface area contributed by atoms with Crippen LogP contribution in [0.1, 0.15) is 25.8 Å². The number of hydrogen-bond donors (Lipinski definition) is 2. The summed E-state index contributed by atoms with van der Waals surface area (Å²) in [6.07, 6.45) is 2.53. The van der Waals surface area contributed by atoms with Crippen LogP contribution in [0.3, 0.4) is 0 Å². The molecular weight excluding hydrogens is 202 g/mol. The Labute approximate surface area is 96.3 Å². The summed E-state index contributed by atoms with van der Waals surface area (Å²) in [5.74, 6) is 0.589. The summed E-state index contributed by atoms with van der Waals surface area (Å²) in [5.41, 5.74) is 6.77. The first-order valence-electron chi connectivity index (χ1n) is 5.54. The van der Waals surface area contributed by atoms with E-state index in [1.807, 2.05) is 32.9 Å². The Balaban J connectivity index is 2.68. The molecule has 0 saturated heterocycles. The van der Waals surface area contributed by atoms with E-state index in [1.54, 1.807) is 6.20 Å². The number of amides is 1. The van der Waals surface area contributed by atoms with Gasteiger partial charge in [0.25, 0.3) is 0 Å². The Morgan fingerprint density at radius 2 is 2.31 bits per heavy atom. The van der Waals surface area contributed by atoms with Gasteiger partial charge >= 0.3 is 0 Å². The Kier molecular flexibility index (Phi) is 4.43. The Morgan fingerprint density at radius 3 is 2.88 bits per heavy atom. The summed E-state index contributed by atoms with van der Waals surface area (Å²) in [6, 6.07) is 3.25. The van der Waals surface area contributed by atoms with Crippen molar-refractivity contribution in [1.29, 1.82) is 0 Å². The Bertz CT molecular complexity index is 365.